The fourth-order valence-electron chi connectivity index (χ4n) is 9.68. The van der Waals surface area contributed by atoms with Crippen molar-refractivity contribution in [3.05, 3.63) is 0 Å². The first-order valence-electron chi connectivity index (χ1n) is 34.0. The van der Waals surface area contributed by atoms with E-state index in [1.54, 1.807) is 0 Å². The second-order valence-electron chi connectivity index (χ2n) is 24.2. The summed E-state index contributed by atoms with van der Waals surface area (Å²) in [5.41, 5.74) is 0. The number of ether oxygens (including phenoxy) is 4. The second kappa shape index (κ2) is 57.5. The zero-order valence-corrected chi connectivity index (χ0v) is 56.0. The van der Waals surface area contributed by atoms with Gasteiger partial charge in [0.05, 0.1) is 26.4 Å². The zero-order chi connectivity index (χ0) is 62.2. The summed E-state index contributed by atoms with van der Waals surface area (Å²) in [6.45, 7) is 9.45. The summed E-state index contributed by atoms with van der Waals surface area (Å²) < 4.78 is 67.9. The molecule has 3 unspecified atom stereocenters. The van der Waals surface area contributed by atoms with E-state index in [9.17, 15) is 43.2 Å². The molecule has 3 N–H and O–H groups in total. The molecule has 0 aliphatic carbocycles. The van der Waals surface area contributed by atoms with Gasteiger partial charge in [-0.25, -0.2) is 9.13 Å². The molecule has 17 nitrogen and oxygen atoms in total. The van der Waals surface area contributed by atoms with Crippen LogP contribution in [0, 0.1) is 11.8 Å². The molecule has 0 aromatic heterocycles. The van der Waals surface area contributed by atoms with Crippen LogP contribution in [0.15, 0.2) is 0 Å². The van der Waals surface area contributed by atoms with Gasteiger partial charge in [0.25, 0.3) is 0 Å². The Bertz CT molecular complexity index is 1650. The molecule has 6 atom stereocenters. The second-order valence-corrected chi connectivity index (χ2v) is 27.1. The van der Waals surface area contributed by atoms with Gasteiger partial charge < -0.3 is 33.8 Å². The Labute approximate surface area is 511 Å². The molecule has 0 amide bonds. The van der Waals surface area contributed by atoms with Crippen LogP contribution in [-0.4, -0.2) is 96.7 Å². The standard InChI is InChI=1S/C65H126O17P2/c1-7-10-12-14-16-29-35-41-47-62(67)75-53-60(81-64(69)49-43-37-30-17-15-13-11-8-2)55-79-83(71,72)77-51-59(66)52-78-84(73,74)80-56-61(54-76-63(68)48-42-36-32-26-27-33-39-45-57(4)5)82-65(70)50-44-38-31-25-23-21-19-18-20-22-24-28-34-40-46-58(6)9-3/h57-61,66H,7-56H2,1-6H3,(H,71,72)(H,73,74)/t58?,59-,60+,61+/m0/s1. The fourth-order valence-corrected chi connectivity index (χ4v) is 11.3. The highest BCUT2D eigenvalue weighted by Gasteiger charge is 2.30. The molecule has 0 heterocycles. The number of hydrogen-bond acceptors (Lipinski definition) is 15. The number of unbranched alkanes of at least 4 members (excludes halogenated alkanes) is 33. The third-order valence-electron chi connectivity index (χ3n) is 15.3. The van der Waals surface area contributed by atoms with Gasteiger partial charge in [0.15, 0.2) is 12.2 Å². The summed E-state index contributed by atoms with van der Waals surface area (Å²) in [6.07, 6.45) is 40.5. The van der Waals surface area contributed by atoms with E-state index in [0.29, 0.717) is 31.6 Å². The van der Waals surface area contributed by atoms with Gasteiger partial charge in [0.1, 0.15) is 19.3 Å². The van der Waals surface area contributed by atoms with Crippen molar-refractivity contribution in [3.8, 4) is 0 Å². The van der Waals surface area contributed by atoms with Crippen LogP contribution in [0.5, 0.6) is 0 Å². The number of phosphoric acid groups is 2. The van der Waals surface area contributed by atoms with Crippen molar-refractivity contribution in [2.45, 2.75) is 342 Å². The third-order valence-corrected chi connectivity index (χ3v) is 17.2. The maximum atomic E-state index is 13.0. The topological polar surface area (TPSA) is 237 Å². The largest absolute Gasteiger partial charge is 0.472 e. The number of phosphoric ester groups is 2. The van der Waals surface area contributed by atoms with Gasteiger partial charge >= 0.3 is 39.5 Å². The lowest BCUT2D eigenvalue weighted by Crippen LogP contribution is -2.30. The summed E-state index contributed by atoms with van der Waals surface area (Å²) in [5, 5.41) is 10.5. The molecule has 0 aliphatic rings. The first kappa shape index (κ1) is 82.1. The van der Waals surface area contributed by atoms with Gasteiger partial charge in [0.2, 0.25) is 0 Å². The van der Waals surface area contributed by atoms with Gasteiger partial charge in [-0.1, -0.05) is 273 Å². The highest BCUT2D eigenvalue weighted by Crippen LogP contribution is 2.45. The first-order chi connectivity index (χ1) is 40.4. The van der Waals surface area contributed by atoms with Crippen LogP contribution in [0.25, 0.3) is 0 Å². The van der Waals surface area contributed by atoms with E-state index >= 15 is 0 Å². The molecule has 0 aromatic carbocycles. The molecule has 0 fully saturated rings. The van der Waals surface area contributed by atoms with Crippen molar-refractivity contribution in [1.29, 1.82) is 0 Å². The molecule has 0 bridgehead atoms. The van der Waals surface area contributed by atoms with Crippen LogP contribution >= 0.6 is 15.6 Å². The van der Waals surface area contributed by atoms with Crippen molar-refractivity contribution in [2.75, 3.05) is 39.6 Å². The van der Waals surface area contributed by atoms with Gasteiger partial charge in [-0.2, -0.15) is 0 Å². The molecule has 0 rings (SSSR count). The molecule has 19 heteroatoms. The highest BCUT2D eigenvalue weighted by molar-refractivity contribution is 7.47. The molecule has 0 aliphatic heterocycles. The number of esters is 4. The SMILES string of the molecule is CCCCCCCCCCC(=O)OC[C@H](COP(=O)(O)OC[C@H](O)COP(=O)(O)OC[C@@H](COC(=O)CCCCCCCCCC(C)C)OC(=O)CCCCCCCCCCCCCCCCC(C)CC)OC(=O)CCCCCCCCCC. The van der Waals surface area contributed by atoms with Gasteiger partial charge in [-0.05, 0) is 37.5 Å². The van der Waals surface area contributed by atoms with Crippen LogP contribution in [-0.2, 0) is 65.4 Å². The Balaban J connectivity index is 5.16. The van der Waals surface area contributed by atoms with E-state index in [0.717, 1.165) is 115 Å². The van der Waals surface area contributed by atoms with Crippen LogP contribution < -0.4 is 0 Å². The molecular formula is C65H126O17P2. The van der Waals surface area contributed by atoms with E-state index in [2.05, 4.69) is 41.5 Å². The number of aliphatic hydroxyl groups excluding tert-OH is 1. The van der Waals surface area contributed by atoms with Crippen molar-refractivity contribution >= 4 is 39.5 Å². The van der Waals surface area contributed by atoms with E-state index in [1.807, 2.05) is 0 Å². The summed E-state index contributed by atoms with van der Waals surface area (Å²) in [6, 6.07) is 0. The van der Waals surface area contributed by atoms with Crippen LogP contribution in [0.3, 0.4) is 0 Å². The number of carbonyl (C=O) groups excluding carboxylic acids is 4. The van der Waals surface area contributed by atoms with E-state index in [-0.39, 0.29) is 25.7 Å². The van der Waals surface area contributed by atoms with E-state index in [1.165, 1.54) is 122 Å². The quantitative estimate of drug-likeness (QED) is 0.0222. The molecule has 0 spiro atoms. The maximum Gasteiger partial charge on any atom is 0.472 e. The minimum Gasteiger partial charge on any atom is -0.462 e. The Morgan fingerprint density at radius 1 is 0.345 bits per heavy atom. The third kappa shape index (κ3) is 57.8. The molecule has 0 saturated heterocycles. The number of carbonyl (C=O) groups is 4. The summed E-state index contributed by atoms with van der Waals surface area (Å²) >= 11 is 0. The average Bonchev–Trinajstić information content (AvgIpc) is 3.50. The number of rotatable bonds is 64. The Kier molecular flexibility index (Phi) is 56.2. The number of aliphatic hydroxyl groups is 1. The molecule has 498 valence electrons. The maximum absolute atomic E-state index is 13.0. The lowest BCUT2D eigenvalue weighted by Gasteiger charge is -2.21. The molecule has 0 aromatic rings. The van der Waals surface area contributed by atoms with Crippen molar-refractivity contribution < 1.29 is 80.2 Å². The van der Waals surface area contributed by atoms with Crippen molar-refractivity contribution in [3.63, 3.8) is 0 Å². The van der Waals surface area contributed by atoms with E-state index < -0.39 is 97.5 Å². The smallest absolute Gasteiger partial charge is 0.462 e. The van der Waals surface area contributed by atoms with Crippen molar-refractivity contribution in [1.82, 2.24) is 0 Å². The Hall–Kier alpha value is -1.94. The summed E-state index contributed by atoms with van der Waals surface area (Å²) in [4.78, 5) is 72.1. The van der Waals surface area contributed by atoms with Gasteiger partial charge in [-0.3, -0.25) is 37.3 Å². The molecule has 84 heavy (non-hydrogen) atoms. The molecule has 0 radical (unpaired) electrons. The van der Waals surface area contributed by atoms with Crippen LogP contribution in [0.4, 0.5) is 0 Å². The monoisotopic (exact) mass is 1240 g/mol. The van der Waals surface area contributed by atoms with E-state index in [4.69, 9.17) is 37.0 Å². The predicted octanol–water partition coefficient (Wildman–Crippen LogP) is 18.0. The first-order valence-corrected chi connectivity index (χ1v) is 37.0. The average molecular weight is 1240 g/mol. The number of hydrogen-bond donors (Lipinski definition) is 3. The molecule has 0 saturated carbocycles. The summed E-state index contributed by atoms with van der Waals surface area (Å²) in [5.74, 6) is -0.587. The normalized spacial score (nSPS) is 14.6. The Morgan fingerprint density at radius 3 is 0.905 bits per heavy atom. The van der Waals surface area contributed by atoms with Crippen LogP contribution in [0.2, 0.25) is 0 Å². The predicted molar refractivity (Wildman–Crippen MR) is 335 cm³/mol. The van der Waals surface area contributed by atoms with Crippen molar-refractivity contribution in [2.24, 2.45) is 11.8 Å². The Morgan fingerprint density at radius 2 is 0.607 bits per heavy atom. The summed E-state index contributed by atoms with van der Waals surface area (Å²) in [7, 11) is -9.88. The van der Waals surface area contributed by atoms with Crippen LogP contribution in [0.1, 0.15) is 324 Å². The minimum absolute atomic E-state index is 0.104. The molecular weight excluding hydrogens is 1110 g/mol. The fraction of sp³-hybridized carbons (Fsp3) is 0.938. The van der Waals surface area contributed by atoms with Gasteiger partial charge in [0, 0.05) is 25.7 Å². The highest BCUT2D eigenvalue weighted by atomic mass is 31.2. The lowest BCUT2D eigenvalue weighted by atomic mass is 9.99. The van der Waals surface area contributed by atoms with Gasteiger partial charge in [-0.15, -0.1) is 0 Å². The minimum atomic E-state index is -4.94. The lowest BCUT2D eigenvalue weighted by molar-refractivity contribution is -0.161. The zero-order valence-electron chi connectivity index (χ0n) is 54.2.